The third kappa shape index (κ3) is 5.06. The average Bonchev–Trinajstić information content (AvgIpc) is 3.23. The number of benzene rings is 1. The Morgan fingerprint density at radius 1 is 1.20 bits per heavy atom. The topological polar surface area (TPSA) is 105 Å². The van der Waals surface area contributed by atoms with Crippen molar-refractivity contribution in [3.63, 3.8) is 0 Å². The van der Waals surface area contributed by atoms with Gasteiger partial charge in [-0.05, 0) is 37.7 Å². The molecule has 0 aliphatic heterocycles. The maximum atomic E-state index is 13.2. The predicted octanol–water partition coefficient (Wildman–Crippen LogP) is 1.90. The Labute approximate surface area is 176 Å². The summed E-state index contributed by atoms with van der Waals surface area (Å²) in [6, 6.07) is 10.8. The third-order valence-electron chi connectivity index (χ3n) is 5.65. The number of methoxy groups -OCH3 is 1. The first-order valence-corrected chi connectivity index (χ1v) is 10.4. The molecule has 0 saturated heterocycles. The number of hydrogen-bond donors (Lipinski definition) is 3. The molecule has 1 atom stereocenters. The summed E-state index contributed by atoms with van der Waals surface area (Å²) < 4.78 is 6.96. The van der Waals surface area contributed by atoms with Crippen molar-refractivity contribution >= 4 is 11.8 Å². The van der Waals surface area contributed by atoms with Crippen LogP contribution in [-0.2, 0) is 4.74 Å². The Bertz CT molecular complexity index is 844. The molecule has 8 nitrogen and oxygen atoms in total. The zero-order valence-electron chi connectivity index (χ0n) is 17.5. The van der Waals surface area contributed by atoms with Crippen molar-refractivity contribution in [2.45, 2.75) is 50.3 Å². The van der Waals surface area contributed by atoms with Crippen LogP contribution >= 0.6 is 0 Å². The van der Waals surface area contributed by atoms with Gasteiger partial charge in [0.05, 0.1) is 12.1 Å². The molecule has 2 aromatic rings. The van der Waals surface area contributed by atoms with Crippen LogP contribution in [0.25, 0.3) is 0 Å². The van der Waals surface area contributed by atoms with Crippen molar-refractivity contribution in [2.24, 2.45) is 0 Å². The van der Waals surface area contributed by atoms with E-state index in [1.165, 1.54) is 13.1 Å². The first-order chi connectivity index (χ1) is 14.6. The minimum Gasteiger partial charge on any atom is -0.396 e. The molecule has 3 rings (SSSR count). The van der Waals surface area contributed by atoms with E-state index in [1.807, 2.05) is 30.3 Å². The van der Waals surface area contributed by atoms with Crippen molar-refractivity contribution in [1.29, 1.82) is 0 Å². The van der Waals surface area contributed by atoms with Crippen LogP contribution in [0.15, 0.2) is 36.4 Å². The number of nitrogens with zero attached hydrogens (tertiary/aromatic N) is 2. The molecule has 1 aliphatic carbocycles. The van der Waals surface area contributed by atoms with Gasteiger partial charge in [0.1, 0.15) is 5.69 Å². The van der Waals surface area contributed by atoms with E-state index in [4.69, 9.17) is 4.74 Å². The number of ether oxygens (including phenoxy) is 1. The highest BCUT2D eigenvalue weighted by molar-refractivity contribution is 5.98. The molecule has 162 valence electrons. The second-order valence-corrected chi connectivity index (χ2v) is 7.56. The summed E-state index contributed by atoms with van der Waals surface area (Å²) >= 11 is 0. The van der Waals surface area contributed by atoms with Crippen molar-refractivity contribution < 1.29 is 19.4 Å². The summed E-state index contributed by atoms with van der Waals surface area (Å²) in [5.74, 6) is -0.628. The van der Waals surface area contributed by atoms with Crippen LogP contribution in [-0.4, -0.2) is 59.6 Å². The molecule has 30 heavy (non-hydrogen) atoms. The summed E-state index contributed by atoms with van der Waals surface area (Å²) in [7, 11) is 3.24. The summed E-state index contributed by atoms with van der Waals surface area (Å²) in [4.78, 5) is 25.3. The quantitative estimate of drug-likeness (QED) is 0.612. The fourth-order valence-corrected chi connectivity index (χ4v) is 3.97. The van der Waals surface area contributed by atoms with E-state index in [-0.39, 0.29) is 42.3 Å². The maximum absolute atomic E-state index is 13.2. The minimum absolute atomic E-state index is 0.0590. The summed E-state index contributed by atoms with van der Waals surface area (Å²) in [6.45, 7) is -0.0726. The smallest absolute Gasteiger partial charge is 0.271 e. The Morgan fingerprint density at radius 3 is 2.50 bits per heavy atom. The van der Waals surface area contributed by atoms with Gasteiger partial charge in [-0.3, -0.25) is 14.3 Å². The minimum atomic E-state index is -0.362. The van der Waals surface area contributed by atoms with E-state index in [0.29, 0.717) is 12.1 Å². The van der Waals surface area contributed by atoms with Gasteiger partial charge in [-0.15, -0.1) is 0 Å². The van der Waals surface area contributed by atoms with Crippen LogP contribution < -0.4 is 10.6 Å². The van der Waals surface area contributed by atoms with Crippen LogP contribution in [0.3, 0.4) is 0 Å². The summed E-state index contributed by atoms with van der Waals surface area (Å²) in [6.07, 6.45) is 4.12. The lowest BCUT2D eigenvalue weighted by Crippen LogP contribution is -2.40. The molecule has 0 bridgehead atoms. The molecule has 1 heterocycles. The van der Waals surface area contributed by atoms with Gasteiger partial charge in [-0.2, -0.15) is 5.10 Å². The molecule has 1 aliphatic rings. The zero-order valence-corrected chi connectivity index (χ0v) is 17.5. The second-order valence-electron chi connectivity index (χ2n) is 7.56. The largest absolute Gasteiger partial charge is 0.396 e. The van der Waals surface area contributed by atoms with E-state index in [9.17, 15) is 14.7 Å². The van der Waals surface area contributed by atoms with Crippen molar-refractivity contribution in [3.8, 4) is 0 Å². The number of carbonyl (C=O) groups is 2. The zero-order chi connectivity index (χ0) is 21.5. The van der Waals surface area contributed by atoms with E-state index in [0.717, 1.165) is 31.2 Å². The van der Waals surface area contributed by atoms with Crippen molar-refractivity contribution in [2.75, 3.05) is 20.8 Å². The van der Waals surface area contributed by atoms with Crippen LogP contribution in [0.5, 0.6) is 0 Å². The van der Waals surface area contributed by atoms with Crippen molar-refractivity contribution in [3.05, 3.63) is 53.3 Å². The molecule has 1 fully saturated rings. The number of carbonyl (C=O) groups excluding carboxylic acids is 2. The van der Waals surface area contributed by atoms with E-state index < -0.39 is 0 Å². The lowest BCUT2D eigenvalue weighted by atomic mass is 9.93. The highest BCUT2D eigenvalue weighted by Crippen LogP contribution is 2.25. The van der Waals surface area contributed by atoms with E-state index >= 15 is 0 Å². The van der Waals surface area contributed by atoms with Gasteiger partial charge in [0.25, 0.3) is 11.8 Å². The molecule has 3 N–H and O–H groups in total. The first kappa shape index (κ1) is 22.0. The normalized spacial score (nSPS) is 19.8. The molecule has 1 saturated carbocycles. The average molecular weight is 415 g/mol. The Kier molecular flexibility index (Phi) is 7.59. The highest BCUT2D eigenvalue weighted by Gasteiger charge is 2.28. The van der Waals surface area contributed by atoms with Gasteiger partial charge in [0.15, 0.2) is 5.69 Å². The maximum Gasteiger partial charge on any atom is 0.271 e. The molecule has 0 radical (unpaired) electrons. The SMILES string of the molecule is CNC(=O)c1cc(C(=O)N[C@H]2CC[C@H](OC)CC2)n([C@@H](CCO)c2ccccc2)n1. The number of amides is 2. The molecule has 1 aromatic heterocycles. The Balaban J connectivity index is 1.89. The van der Waals surface area contributed by atoms with Gasteiger partial charge < -0.3 is 20.5 Å². The number of aliphatic hydroxyl groups is 1. The lowest BCUT2D eigenvalue weighted by Gasteiger charge is -2.28. The van der Waals surface area contributed by atoms with Crippen LogP contribution in [0.2, 0.25) is 0 Å². The Hall–Kier alpha value is -2.71. The molecule has 0 spiro atoms. The number of nitrogens with one attached hydrogen (secondary N) is 2. The van der Waals surface area contributed by atoms with Gasteiger partial charge in [-0.25, -0.2) is 0 Å². The number of rotatable bonds is 8. The molecule has 1 aromatic carbocycles. The summed E-state index contributed by atoms with van der Waals surface area (Å²) in [5, 5.41) is 19.7. The lowest BCUT2D eigenvalue weighted by molar-refractivity contribution is 0.0597. The molecular weight excluding hydrogens is 384 g/mol. The third-order valence-corrected chi connectivity index (χ3v) is 5.65. The molecule has 8 heteroatoms. The fraction of sp³-hybridized carbons (Fsp3) is 0.500. The Morgan fingerprint density at radius 2 is 1.90 bits per heavy atom. The van der Waals surface area contributed by atoms with Gasteiger partial charge in [0.2, 0.25) is 0 Å². The van der Waals surface area contributed by atoms with Crippen LogP contribution in [0.1, 0.15) is 64.7 Å². The molecule has 0 unspecified atom stereocenters. The highest BCUT2D eigenvalue weighted by atomic mass is 16.5. The predicted molar refractivity (Wildman–Crippen MR) is 112 cm³/mol. The standard InChI is InChI=1S/C22H30N4O4/c1-23-21(28)18-14-20(22(29)24-16-8-10-17(30-2)11-9-16)26(25-18)19(12-13-27)15-6-4-3-5-7-15/h3-7,14,16-17,19,27H,8-13H2,1-2H3,(H,23,28)(H,24,29)/t16-,17-,19-/m0/s1. The number of hydrogen-bond acceptors (Lipinski definition) is 5. The van der Waals surface area contributed by atoms with E-state index in [2.05, 4.69) is 15.7 Å². The van der Waals surface area contributed by atoms with Gasteiger partial charge in [0, 0.05) is 32.9 Å². The molecular formula is C22H30N4O4. The first-order valence-electron chi connectivity index (χ1n) is 10.4. The van der Waals surface area contributed by atoms with Gasteiger partial charge >= 0.3 is 0 Å². The van der Waals surface area contributed by atoms with Crippen molar-refractivity contribution in [1.82, 2.24) is 20.4 Å². The number of aliphatic hydroxyl groups excluding tert-OH is 1. The fourth-order valence-electron chi connectivity index (χ4n) is 3.97. The summed E-state index contributed by atoms with van der Waals surface area (Å²) in [5.41, 5.74) is 1.39. The van der Waals surface area contributed by atoms with Crippen LogP contribution in [0.4, 0.5) is 0 Å². The number of aromatic nitrogens is 2. The van der Waals surface area contributed by atoms with Gasteiger partial charge in [-0.1, -0.05) is 30.3 Å². The monoisotopic (exact) mass is 414 g/mol. The second kappa shape index (κ2) is 10.4. The molecule has 2 amide bonds. The van der Waals surface area contributed by atoms with Crippen LogP contribution in [0, 0.1) is 0 Å². The van der Waals surface area contributed by atoms with E-state index in [1.54, 1.807) is 11.8 Å².